The Bertz CT molecular complexity index is 860. The highest BCUT2D eigenvalue weighted by molar-refractivity contribution is 5.60. The number of rotatable bonds is 6. The average molecular weight is 340 g/mol. The van der Waals surface area contributed by atoms with E-state index in [1.165, 1.54) is 0 Å². The number of hydrogen-bond donors (Lipinski definition) is 0. The van der Waals surface area contributed by atoms with E-state index in [9.17, 15) is 0 Å². The molecule has 3 aromatic rings. The zero-order chi connectivity index (χ0) is 17.8. The van der Waals surface area contributed by atoms with Gasteiger partial charge in [0.05, 0.1) is 14.2 Å². The number of nitrogens with zero attached hydrogens (tertiary/aromatic N) is 2. The lowest BCUT2D eigenvalue weighted by Gasteiger charge is -2.11. The third-order valence-electron chi connectivity index (χ3n) is 3.73. The molecule has 0 saturated carbocycles. The number of aromatic nitrogens is 2. The maximum atomic E-state index is 5.87. The Kier molecular flexibility index (Phi) is 4.88. The SMILES string of the molecule is COc1ccc(-c2noc([C@H](C)Oc3cccc(C)c3)n2)cc1OC. The van der Waals surface area contributed by atoms with Gasteiger partial charge in [-0.1, -0.05) is 17.3 Å². The van der Waals surface area contributed by atoms with Crippen LogP contribution in [0.4, 0.5) is 0 Å². The van der Waals surface area contributed by atoms with E-state index in [0.29, 0.717) is 23.2 Å². The zero-order valence-electron chi connectivity index (χ0n) is 14.6. The standard InChI is InChI=1S/C19H20N2O4/c1-12-6-5-7-15(10-12)24-13(2)19-20-18(21-25-19)14-8-9-16(22-3)17(11-14)23-4/h5-11,13H,1-4H3/t13-/m0/s1. The summed E-state index contributed by atoms with van der Waals surface area (Å²) in [6.07, 6.45) is -0.358. The van der Waals surface area contributed by atoms with Crippen molar-refractivity contribution in [3.63, 3.8) is 0 Å². The lowest BCUT2D eigenvalue weighted by molar-refractivity contribution is 0.175. The molecule has 0 bridgehead atoms. The van der Waals surface area contributed by atoms with Crippen LogP contribution in [0.15, 0.2) is 47.0 Å². The molecule has 1 heterocycles. The van der Waals surface area contributed by atoms with Crippen LogP contribution in [-0.4, -0.2) is 24.4 Å². The van der Waals surface area contributed by atoms with Gasteiger partial charge in [0.25, 0.3) is 5.89 Å². The molecule has 0 unspecified atom stereocenters. The fraction of sp³-hybridized carbons (Fsp3) is 0.263. The normalized spacial score (nSPS) is 11.8. The van der Waals surface area contributed by atoms with E-state index < -0.39 is 0 Å². The van der Waals surface area contributed by atoms with Crippen molar-refractivity contribution in [2.75, 3.05) is 14.2 Å². The minimum Gasteiger partial charge on any atom is -0.493 e. The van der Waals surface area contributed by atoms with Gasteiger partial charge < -0.3 is 18.7 Å². The summed E-state index contributed by atoms with van der Waals surface area (Å²) in [5.41, 5.74) is 1.90. The van der Waals surface area contributed by atoms with Gasteiger partial charge in [-0.2, -0.15) is 4.98 Å². The molecule has 130 valence electrons. The minimum atomic E-state index is -0.358. The third-order valence-corrected chi connectivity index (χ3v) is 3.73. The molecule has 1 aromatic heterocycles. The highest BCUT2D eigenvalue weighted by Gasteiger charge is 2.18. The van der Waals surface area contributed by atoms with Crippen molar-refractivity contribution in [2.45, 2.75) is 20.0 Å². The lowest BCUT2D eigenvalue weighted by atomic mass is 10.2. The molecule has 25 heavy (non-hydrogen) atoms. The Morgan fingerprint density at radius 3 is 2.52 bits per heavy atom. The summed E-state index contributed by atoms with van der Waals surface area (Å²) in [4.78, 5) is 4.43. The average Bonchev–Trinajstić information content (AvgIpc) is 3.11. The summed E-state index contributed by atoms with van der Waals surface area (Å²) < 4.78 is 21.8. The second-order valence-corrected chi connectivity index (χ2v) is 5.60. The predicted octanol–water partition coefficient (Wildman–Crippen LogP) is 4.20. The van der Waals surface area contributed by atoms with Gasteiger partial charge in [-0.25, -0.2) is 0 Å². The first-order valence-corrected chi connectivity index (χ1v) is 7.90. The molecule has 0 fully saturated rings. The first-order chi connectivity index (χ1) is 12.1. The van der Waals surface area contributed by atoms with Crippen LogP contribution in [0.3, 0.4) is 0 Å². The van der Waals surface area contributed by atoms with Gasteiger partial charge in [-0.3, -0.25) is 0 Å². The molecule has 3 rings (SSSR count). The van der Waals surface area contributed by atoms with Gasteiger partial charge in [0, 0.05) is 5.56 Å². The van der Waals surface area contributed by atoms with Crippen molar-refractivity contribution in [1.29, 1.82) is 0 Å². The second kappa shape index (κ2) is 7.25. The Morgan fingerprint density at radius 2 is 1.80 bits per heavy atom. The molecule has 0 radical (unpaired) electrons. The smallest absolute Gasteiger partial charge is 0.267 e. The maximum absolute atomic E-state index is 5.87. The molecular weight excluding hydrogens is 320 g/mol. The highest BCUT2D eigenvalue weighted by atomic mass is 16.5. The van der Waals surface area contributed by atoms with E-state index in [2.05, 4.69) is 10.1 Å². The Balaban J connectivity index is 1.80. The lowest BCUT2D eigenvalue weighted by Crippen LogP contribution is -2.03. The minimum absolute atomic E-state index is 0.358. The molecule has 1 atom stereocenters. The molecule has 0 spiro atoms. The van der Waals surface area contributed by atoms with E-state index in [-0.39, 0.29) is 6.10 Å². The molecule has 0 aliphatic heterocycles. The van der Waals surface area contributed by atoms with Crippen LogP contribution in [0, 0.1) is 6.92 Å². The van der Waals surface area contributed by atoms with Gasteiger partial charge >= 0.3 is 0 Å². The maximum Gasteiger partial charge on any atom is 0.267 e. The molecule has 6 heteroatoms. The van der Waals surface area contributed by atoms with Gasteiger partial charge in [0.1, 0.15) is 5.75 Å². The molecule has 0 aliphatic carbocycles. The summed E-state index contributed by atoms with van der Waals surface area (Å²) >= 11 is 0. The highest BCUT2D eigenvalue weighted by Crippen LogP contribution is 2.31. The van der Waals surface area contributed by atoms with Crippen molar-refractivity contribution < 1.29 is 18.7 Å². The molecular formula is C19H20N2O4. The van der Waals surface area contributed by atoms with Crippen molar-refractivity contribution in [1.82, 2.24) is 10.1 Å². The number of benzene rings is 2. The first kappa shape index (κ1) is 16.8. The summed E-state index contributed by atoms with van der Waals surface area (Å²) in [5, 5.41) is 4.04. The summed E-state index contributed by atoms with van der Waals surface area (Å²) in [7, 11) is 3.18. The molecule has 0 amide bonds. The van der Waals surface area contributed by atoms with Gasteiger partial charge in [-0.05, 0) is 49.7 Å². The van der Waals surface area contributed by atoms with Crippen molar-refractivity contribution in [2.24, 2.45) is 0 Å². The van der Waals surface area contributed by atoms with Crippen LogP contribution in [-0.2, 0) is 0 Å². The van der Waals surface area contributed by atoms with E-state index in [1.807, 2.05) is 44.2 Å². The summed E-state index contributed by atoms with van der Waals surface area (Å²) in [5.74, 6) is 2.89. The number of methoxy groups -OCH3 is 2. The van der Waals surface area contributed by atoms with Gasteiger partial charge in [-0.15, -0.1) is 0 Å². The number of aryl methyl sites for hydroxylation is 1. The Morgan fingerprint density at radius 1 is 1.00 bits per heavy atom. The largest absolute Gasteiger partial charge is 0.493 e. The molecule has 6 nitrogen and oxygen atoms in total. The quantitative estimate of drug-likeness (QED) is 0.670. The van der Waals surface area contributed by atoms with Crippen LogP contribution in [0.1, 0.15) is 24.5 Å². The third kappa shape index (κ3) is 3.74. The van der Waals surface area contributed by atoms with Crippen LogP contribution >= 0.6 is 0 Å². The van der Waals surface area contributed by atoms with Crippen LogP contribution in [0.2, 0.25) is 0 Å². The monoisotopic (exact) mass is 340 g/mol. The van der Waals surface area contributed by atoms with Crippen LogP contribution in [0.5, 0.6) is 17.2 Å². The van der Waals surface area contributed by atoms with Gasteiger partial charge in [0.15, 0.2) is 17.6 Å². The number of ether oxygens (including phenoxy) is 3. The molecule has 0 saturated heterocycles. The van der Waals surface area contributed by atoms with Crippen molar-refractivity contribution in [3.05, 3.63) is 53.9 Å². The zero-order valence-corrected chi connectivity index (χ0v) is 14.6. The summed E-state index contributed by atoms with van der Waals surface area (Å²) in [6, 6.07) is 13.3. The molecule has 0 N–H and O–H groups in total. The molecule has 0 aliphatic rings. The Hall–Kier alpha value is -3.02. The van der Waals surface area contributed by atoms with E-state index in [0.717, 1.165) is 16.9 Å². The van der Waals surface area contributed by atoms with Crippen LogP contribution in [0.25, 0.3) is 11.4 Å². The summed E-state index contributed by atoms with van der Waals surface area (Å²) in [6.45, 7) is 3.88. The van der Waals surface area contributed by atoms with E-state index in [1.54, 1.807) is 26.4 Å². The van der Waals surface area contributed by atoms with E-state index in [4.69, 9.17) is 18.7 Å². The first-order valence-electron chi connectivity index (χ1n) is 7.90. The fourth-order valence-corrected chi connectivity index (χ4v) is 2.44. The predicted molar refractivity (Wildman–Crippen MR) is 93.1 cm³/mol. The topological polar surface area (TPSA) is 66.6 Å². The second-order valence-electron chi connectivity index (χ2n) is 5.60. The fourth-order valence-electron chi connectivity index (χ4n) is 2.44. The van der Waals surface area contributed by atoms with Crippen molar-refractivity contribution in [3.8, 4) is 28.6 Å². The number of hydrogen-bond acceptors (Lipinski definition) is 6. The molecule has 2 aromatic carbocycles. The van der Waals surface area contributed by atoms with Crippen molar-refractivity contribution >= 4 is 0 Å². The van der Waals surface area contributed by atoms with Gasteiger partial charge in [0.2, 0.25) is 5.82 Å². The van der Waals surface area contributed by atoms with Crippen LogP contribution < -0.4 is 14.2 Å². The Labute approximate surface area is 146 Å². The van der Waals surface area contributed by atoms with E-state index >= 15 is 0 Å².